The Hall–Kier alpha value is -2.45. The van der Waals surface area contributed by atoms with Gasteiger partial charge in [-0.2, -0.15) is 5.10 Å². The molecule has 1 N–H and O–H groups in total. The van der Waals surface area contributed by atoms with Crippen molar-refractivity contribution in [2.45, 2.75) is 18.9 Å². The third-order valence-corrected chi connectivity index (χ3v) is 7.17. The number of nitrogens with zero attached hydrogens (tertiary/aromatic N) is 2. The highest BCUT2D eigenvalue weighted by Crippen LogP contribution is 2.30. The van der Waals surface area contributed by atoms with E-state index in [4.69, 9.17) is 0 Å². The molecule has 1 saturated heterocycles. The minimum absolute atomic E-state index is 0.0523. The Balaban J connectivity index is 1.63. The lowest BCUT2D eigenvalue weighted by atomic mass is 10.1. The average molecular weight is 402 g/mol. The SMILES string of the molecule is O=C(Cc1cccs1)Nc1cc(-c2ccccc2)nn1[C@@H]1CCS(=O)(=O)C1. The van der Waals surface area contributed by atoms with Crippen LogP contribution in [0, 0.1) is 0 Å². The van der Waals surface area contributed by atoms with E-state index in [1.807, 2.05) is 53.9 Å². The van der Waals surface area contributed by atoms with Gasteiger partial charge in [0.2, 0.25) is 5.91 Å². The number of hydrogen-bond donors (Lipinski definition) is 1. The predicted octanol–water partition coefficient (Wildman–Crippen LogP) is 3.15. The fourth-order valence-corrected chi connectivity index (χ4v) is 5.64. The maximum Gasteiger partial charge on any atom is 0.230 e. The van der Waals surface area contributed by atoms with Gasteiger partial charge < -0.3 is 5.32 Å². The van der Waals surface area contributed by atoms with E-state index in [-0.39, 0.29) is 29.9 Å². The maximum absolute atomic E-state index is 12.5. The third kappa shape index (κ3) is 4.12. The summed E-state index contributed by atoms with van der Waals surface area (Å²) in [6.07, 6.45) is 0.790. The third-order valence-electron chi connectivity index (χ3n) is 4.54. The van der Waals surface area contributed by atoms with Crippen LogP contribution in [0.5, 0.6) is 0 Å². The molecule has 8 heteroatoms. The van der Waals surface area contributed by atoms with Gasteiger partial charge in [0.25, 0.3) is 0 Å². The standard InChI is InChI=1S/C19H19N3O3S2/c23-19(11-16-7-4-9-26-16)20-18-12-17(14-5-2-1-3-6-14)21-22(18)15-8-10-27(24,25)13-15/h1-7,9,12,15H,8,10-11,13H2,(H,20,23)/t15-/m1/s1. The molecule has 0 saturated carbocycles. The molecule has 1 aromatic carbocycles. The lowest BCUT2D eigenvalue weighted by Crippen LogP contribution is -2.20. The van der Waals surface area contributed by atoms with Gasteiger partial charge in [0.05, 0.1) is 29.7 Å². The van der Waals surface area contributed by atoms with Crippen LogP contribution in [0.3, 0.4) is 0 Å². The number of carbonyl (C=O) groups excluding carboxylic acids is 1. The highest BCUT2D eigenvalue weighted by Gasteiger charge is 2.31. The Bertz CT molecular complexity index is 1040. The maximum atomic E-state index is 12.5. The molecule has 0 unspecified atom stereocenters. The molecule has 1 amide bonds. The number of amides is 1. The van der Waals surface area contributed by atoms with E-state index in [2.05, 4.69) is 10.4 Å². The Morgan fingerprint density at radius 1 is 1.22 bits per heavy atom. The number of sulfone groups is 1. The van der Waals surface area contributed by atoms with Gasteiger partial charge in [-0.05, 0) is 17.9 Å². The van der Waals surface area contributed by atoms with E-state index < -0.39 is 9.84 Å². The van der Waals surface area contributed by atoms with Gasteiger partial charge in [0, 0.05) is 16.5 Å². The molecule has 1 aliphatic heterocycles. The van der Waals surface area contributed by atoms with Crippen molar-refractivity contribution in [2.75, 3.05) is 16.8 Å². The molecule has 1 aliphatic rings. The largest absolute Gasteiger partial charge is 0.311 e. The molecule has 1 fully saturated rings. The zero-order valence-corrected chi connectivity index (χ0v) is 16.2. The summed E-state index contributed by atoms with van der Waals surface area (Å²) in [5.74, 6) is 0.605. The lowest BCUT2D eigenvalue weighted by Gasteiger charge is -2.13. The summed E-state index contributed by atoms with van der Waals surface area (Å²) in [6.45, 7) is 0. The van der Waals surface area contributed by atoms with Crippen molar-refractivity contribution in [3.63, 3.8) is 0 Å². The van der Waals surface area contributed by atoms with Gasteiger partial charge in [-0.1, -0.05) is 36.4 Å². The Morgan fingerprint density at radius 2 is 2.04 bits per heavy atom. The van der Waals surface area contributed by atoms with E-state index >= 15 is 0 Å². The van der Waals surface area contributed by atoms with Crippen LogP contribution >= 0.6 is 11.3 Å². The summed E-state index contributed by atoms with van der Waals surface area (Å²) < 4.78 is 25.5. The molecule has 27 heavy (non-hydrogen) atoms. The fourth-order valence-electron chi connectivity index (χ4n) is 3.24. The van der Waals surface area contributed by atoms with Gasteiger partial charge in [-0.3, -0.25) is 4.79 Å². The first-order valence-electron chi connectivity index (χ1n) is 8.68. The zero-order valence-electron chi connectivity index (χ0n) is 14.5. The molecule has 4 rings (SSSR count). The Morgan fingerprint density at radius 3 is 2.70 bits per heavy atom. The van der Waals surface area contributed by atoms with Crippen molar-refractivity contribution in [3.8, 4) is 11.3 Å². The van der Waals surface area contributed by atoms with E-state index in [0.717, 1.165) is 10.4 Å². The smallest absolute Gasteiger partial charge is 0.230 e. The minimum atomic E-state index is -3.06. The average Bonchev–Trinajstić information content (AvgIpc) is 3.36. The number of benzene rings is 1. The van der Waals surface area contributed by atoms with Gasteiger partial charge in [0.1, 0.15) is 5.82 Å². The number of nitrogens with one attached hydrogen (secondary N) is 1. The first kappa shape index (κ1) is 17.9. The summed E-state index contributed by atoms with van der Waals surface area (Å²) in [5.41, 5.74) is 1.64. The fraction of sp³-hybridized carbons (Fsp3) is 0.263. The number of thiophene rings is 1. The second kappa shape index (κ2) is 7.28. The summed E-state index contributed by atoms with van der Waals surface area (Å²) in [6, 6.07) is 15.0. The van der Waals surface area contributed by atoms with Crippen molar-refractivity contribution >= 4 is 32.9 Å². The zero-order chi connectivity index (χ0) is 18.9. The van der Waals surface area contributed by atoms with Crippen LogP contribution in [0.4, 0.5) is 5.82 Å². The summed E-state index contributed by atoms with van der Waals surface area (Å²) >= 11 is 1.53. The molecule has 0 radical (unpaired) electrons. The van der Waals surface area contributed by atoms with Crippen LogP contribution in [-0.4, -0.2) is 35.6 Å². The molecule has 2 aromatic heterocycles. The van der Waals surface area contributed by atoms with Crippen molar-refractivity contribution in [2.24, 2.45) is 0 Å². The second-order valence-corrected chi connectivity index (χ2v) is 9.85. The summed E-state index contributed by atoms with van der Waals surface area (Å²) in [5, 5.41) is 9.47. The van der Waals surface area contributed by atoms with Crippen molar-refractivity contribution in [1.82, 2.24) is 9.78 Å². The molecule has 6 nitrogen and oxygen atoms in total. The van der Waals surface area contributed by atoms with Gasteiger partial charge in [-0.15, -0.1) is 11.3 Å². The topological polar surface area (TPSA) is 81.1 Å². The van der Waals surface area contributed by atoms with Crippen LogP contribution in [0.1, 0.15) is 17.3 Å². The minimum Gasteiger partial charge on any atom is -0.311 e. The molecule has 0 spiro atoms. The van der Waals surface area contributed by atoms with Gasteiger partial charge in [-0.25, -0.2) is 13.1 Å². The van der Waals surface area contributed by atoms with Gasteiger partial charge in [0.15, 0.2) is 9.84 Å². The first-order chi connectivity index (χ1) is 13.0. The summed E-state index contributed by atoms with van der Waals surface area (Å²) in [4.78, 5) is 13.4. The second-order valence-electron chi connectivity index (χ2n) is 6.59. The molecular weight excluding hydrogens is 382 g/mol. The molecule has 0 bridgehead atoms. The van der Waals surface area contributed by atoms with Crippen LogP contribution in [0.15, 0.2) is 53.9 Å². The number of hydrogen-bond acceptors (Lipinski definition) is 5. The Labute approximate surface area is 161 Å². The van der Waals surface area contributed by atoms with E-state index in [0.29, 0.717) is 17.9 Å². The first-order valence-corrected chi connectivity index (χ1v) is 11.4. The number of rotatable bonds is 5. The monoisotopic (exact) mass is 401 g/mol. The highest BCUT2D eigenvalue weighted by molar-refractivity contribution is 7.91. The van der Waals surface area contributed by atoms with Crippen LogP contribution < -0.4 is 5.32 Å². The van der Waals surface area contributed by atoms with Crippen molar-refractivity contribution in [1.29, 1.82) is 0 Å². The summed E-state index contributed by atoms with van der Waals surface area (Å²) in [7, 11) is -3.06. The van der Waals surface area contributed by atoms with Crippen molar-refractivity contribution in [3.05, 3.63) is 58.8 Å². The molecule has 0 aliphatic carbocycles. The van der Waals surface area contributed by atoms with Crippen molar-refractivity contribution < 1.29 is 13.2 Å². The van der Waals surface area contributed by atoms with E-state index in [1.165, 1.54) is 11.3 Å². The lowest BCUT2D eigenvalue weighted by molar-refractivity contribution is -0.115. The number of aromatic nitrogens is 2. The molecule has 3 aromatic rings. The molecular formula is C19H19N3O3S2. The highest BCUT2D eigenvalue weighted by atomic mass is 32.2. The Kier molecular flexibility index (Phi) is 4.84. The van der Waals surface area contributed by atoms with Crippen LogP contribution in [0.2, 0.25) is 0 Å². The quantitative estimate of drug-likeness (QED) is 0.712. The van der Waals surface area contributed by atoms with Crippen LogP contribution in [-0.2, 0) is 21.1 Å². The molecule has 3 heterocycles. The molecule has 1 atom stereocenters. The van der Waals surface area contributed by atoms with Gasteiger partial charge >= 0.3 is 0 Å². The molecule has 140 valence electrons. The number of anilines is 1. The van der Waals surface area contributed by atoms with Crippen LogP contribution in [0.25, 0.3) is 11.3 Å². The number of carbonyl (C=O) groups is 1. The van der Waals surface area contributed by atoms with E-state index in [1.54, 1.807) is 4.68 Å². The normalized spacial score (nSPS) is 18.4. The van der Waals surface area contributed by atoms with E-state index in [9.17, 15) is 13.2 Å². The predicted molar refractivity (Wildman–Crippen MR) is 107 cm³/mol.